The first kappa shape index (κ1) is 27.8. The number of anilines is 2. The van der Waals surface area contributed by atoms with Gasteiger partial charge in [0.2, 0.25) is 17.7 Å². The summed E-state index contributed by atoms with van der Waals surface area (Å²) in [7, 11) is 1.53. The number of nitrogens with one attached hydrogen (secondary N) is 2. The van der Waals surface area contributed by atoms with Gasteiger partial charge >= 0.3 is 0 Å². The van der Waals surface area contributed by atoms with E-state index in [4.69, 9.17) is 4.74 Å². The lowest BCUT2D eigenvalue weighted by Crippen LogP contribution is -2.50. The van der Waals surface area contributed by atoms with Gasteiger partial charge in [0.25, 0.3) is 0 Å². The van der Waals surface area contributed by atoms with Crippen LogP contribution in [0.5, 0.6) is 5.75 Å². The fourth-order valence-corrected chi connectivity index (χ4v) is 4.09. The summed E-state index contributed by atoms with van der Waals surface area (Å²) in [5.74, 6) is -1.12. The molecule has 0 spiro atoms. The maximum atomic E-state index is 13.8. The van der Waals surface area contributed by atoms with Crippen LogP contribution < -0.4 is 20.3 Å². The number of carbonyl (C=O) groups excluding carboxylic acids is 3. The van der Waals surface area contributed by atoms with Crippen LogP contribution in [-0.2, 0) is 14.4 Å². The van der Waals surface area contributed by atoms with Crippen molar-refractivity contribution in [2.75, 3.05) is 17.3 Å². The lowest BCUT2D eigenvalue weighted by molar-refractivity contribution is -0.128. The maximum absolute atomic E-state index is 13.8. The average Bonchev–Trinajstić information content (AvgIpc) is 3.39. The second-order valence-electron chi connectivity index (χ2n) is 9.03. The average molecular weight is 527 g/mol. The fourth-order valence-electron chi connectivity index (χ4n) is 3.54. The van der Waals surface area contributed by atoms with E-state index in [-0.39, 0.29) is 18.7 Å². The SMILES string of the molecule is CCC(C)(C)NC(=O)C(c1ccc(F)cc1)N(C(=O)CCC(=O)Nc1nccs1)c1ccc(OC)cc1. The van der Waals surface area contributed by atoms with Gasteiger partial charge in [-0.25, -0.2) is 9.37 Å². The van der Waals surface area contributed by atoms with Gasteiger partial charge in [-0.2, -0.15) is 0 Å². The number of aromatic nitrogens is 1. The molecule has 0 saturated heterocycles. The Labute approximate surface area is 219 Å². The minimum Gasteiger partial charge on any atom is -0.497 e. The van der Waals surface area contributed by atoms with Crippen molar-refractivity contribution in [3.63, 3.8) is 0 Å². The minimum atomic E-state index is -1.10. The number of halogens is 1. The highest BCUT2D eigenvalue weighted by molar-refractivity contribution is 7.13. The van der Waals surface area contributed by atoms with Crippen LogP contribution in [0.4, 0.5) is 15.2 Å². The molecule has 196 valence electrons. The molecule has 0 fully saturated rings. The zero-order valence-corrected chi connectivity index (χ0v) is 22.1. The number of benzene rings is 2. The molecule has 3 aromatic rings. The first-order valence-electron chi connectivity index (χ1n) is 11.9. The van der Waals surface area contributed by atoms with Gasteiger partial charge in [-0.05, 0) is 62.2 Å². The molecule has 0 aliphatic carbocycles. The van der Waals surface area contributed by atoms with Crippen molar-refractivity contribution in [3.8, 4) is 5.75 Å². The summed E-state index contributed by atoms with van der Waals surface area (Å²) in [5, 5.41) is 7.84. The zero-order valence-electron chi connectivity index (χ0n) is 21.3. The molecule has 1 atom stereocenters. The molecular weight excluding hydrogens is 495 g/mol. The Kier molecular flexibility index (Phi) is 9.35. The van der Waals surface area contributed by atoms with Crippen LogP contribution in [0.1, 0.15) is 51.6 Å². The van der Waals surface area contributed by atoms with E-state index in [0.29, 0.717) is 28.6 Å². The van der Waals surface area contributed by atoms with E-state index in [0.717, 1.165) is 0 Å². The van der Waals surface area contributed by atoms with Crippen LogP contribution in [0.2, 0.25) is 0 Å². The number of ether oxygens (including phenoxy) is 1. The molecule has 1 aromatic heterocycles. The number of hydrogen-bond acceptors (Lipinski definition) is 6. The summed E-state index contributed by atoms with van der Waals surface area (Å²) in [6.07, 6.45) is 1.96. The van der Waals surface area contributed by atoms with Crippen molar-refractivity contribution in [1.82, 2.24) is 10.3 Å². The van der Waals surface area contributed by atoms with Crippen molar-refractivity contribution in [2.24, 2.45) is 0 Å². The standard InChI is InChI=1S/C27H31FN4O4S/c1-5-27(2,3)31-25(35)24(18-6-8-19(28)9-7-18)32(20-10-12-21(36-4)13-11-20)23(34)15-14-22(33)30-26-29-16-17-37-26/h6-13,16-17,24H,5,14-15H2,1-4H3,(H,31,35)(H,29,30,33). The first-order chi connectivity index (χ1) is 17.6. The highest BCUT2D eigenvalue weighted by Gasteiger charge is 2.35. The largest absolute Gasteiger partial charge is 0.497 e. The van der Waals surface area contributed by atoms with Crippen molar-refractivity contribution >= 4 is 39.9 Å². The van der Waals surface area contributed by atoms with E-state index in [2.05, 4.69) is 15.6 Å². The van der Waals surface area contributed by atoms with Gasteiger partial charge in [0.05, 0.1) is 7.11 Å². The molecular formula is C27H31FN4O4S. The van der Waals surface area contributed by atoms with Crippen molar-refractivity contribution in [2.45, 2.75) is 51.6 Å². The molecule has 2 N–H and O–H groups in total. The summed E-state index contributed by atoms with van der Waals surface area (Å²) >= 11 is 1.27. The second kappa shape index (κ2) is 12.4. The number of hydrogen-bond donors (Lipinski definition) is 2. The number of thiazole rings is 1. The third-order valence-corrected chi connectivity index (χ3v) is 6.59. The number of rotatable bonds is 11. The molecule has 8 nitrogen and oxygen atoms in total. The minimum absolute atomic E-state index is 0.108. The number of amides is 3. The van der Waals surface area contributed by atoms with E-state index in [9.17, 15) is 18.8 Å². The lowest BCUT2D eigenvalue weighted by atomic mass is 9.98. The van der Waals surface area contributed by atoms with Gasteiger partial charge in [0.1, 0.15) is 17.6 Å². The summed E-state index contributed by atoms with van der Waals surface area (Å²) in [6.45, 7) is 5.71. The summed E-state index contributed by atoms with van der Waals surface area (Å²) in [5.41, 5.74) is 0.324. The monoisotopic (exact) mass is 526 g/mol. The van der Waals surface area contributed by atoms with Gasteiger partial charge in [0.15, 0.2) is 5.13 Å². The summed E-state index contributed by atoms with van der Waals surface area (Å²) in [6, 6.07) is 11.1. The van der Waals surface area contributed by atoms with Crippen LogP contribution in [-0.4, -0.2) is 35.4 Å². The predicted octanol–water partition coefficient (Wildman–Crippen LogP) is 5.09. The Hall–Kier alpha value is -3.79. The van der Waals surface area contributed by atoms with E-state index in [1.165, 1.54) is 47.6 Å². The third-order valence-electron chi connectivity index (χ3n) is 5.90. The van der Waals surface area contributed by atoms with Crippen LogP contribution in [0.3, 0.4) is 0 Å². The Morgan fingerprint density at radius 1 is 1.08 bits per heavy atom. The molecule has 0 saturated carbocycles. The van der Waals surface area contributed by atoms with Crippen LogP contribution in [0, 0.1) is 5.82 Å². The molecule has 1 unspecified atom stereocenters. The first-order valence-corrected chi connectivity index (χ1v) is 12.7. The van der Waals surface area contributed by atoms with E-state index < -0.39 is 29.2 Å². The molecule has 37 heavy (non-hydrogen) atoms. The zero-order chi connectivity index (χ0) is 27.0. The van der Waals surface area contributed by atoms with Crippen molar-refractivity contribution in [3.05, 3.63) is 71.5 Å². The molecule has 1 heterocycles. The molecule has 2 aromatic carbocycles. The number of carbonyl (C=O) groups is 3. The molecule has 3 amide bonds. The molecule has 3 rings (SSSR count). The van der Waals surface area contributed by atoms with E-state index >= 15 is 0 Å². The fraction of sp³-hybridized carbons (Fsp3) is 0.333. The Morgan fingerprint density at radius 3 is 2.32 bits per heavy atom. The Balaban J connectivity index is 1.98. The van der Waals surface area contributed by atoms with Crippen LogP contribution in [0.25, 0.3) is 0 Å². The molecule has 0 bridgehead atoms. The molecule has 0 aliphatic heterocycles. The van der Waals surface area contributed by atoms with Crippen LogP contribution in [0.15, 0.2) is 60.1 Å². The van der Waals surface area contributed by atoms with Crippen LogP contribution >= 0.6 is 11.3 Å². The summed E-state index contributed by atoms with van der Waals surface area (Å²) < 4.78 is 19.0. The smallest absolute Gasteiger partial charge is 0.248 e. The number of methoxy groups -OCH3 is 1. The maximum Gasteiger partial charge on any atom is 0.248 e. The highest BCUT2D eigenvalue weighted by Crippen LogP contribution is 2.31. The molecule has 0 radical (unpaired) electrons. The Bertz CT molecular complexity index is 1200. The molecule has 0 aliphatic rings. The second-order valence-corrected chi connectivity index (χ2v) is 9.92. The van der Waals surface area contributed by atoms with Gasteiger partial charge in [0, 0.05) is 35.6 Å². The number of nitrogens with zero attached hydrogens (tertiary/aromatic N) is 2. The van der Waals surface area contributed by atoms with Gasteiger partial charge in [-0.3, -0.25) is 19.3 Å². The Morgan fingerprint density at radius 2 is 1.76 bits per heavy atom. The quantitative estimate of drug-likeness (QED) is 0.363. The lowest BCUT2D eigenvalue weighted by Gasteiger charge is -2.34. The van der Waals surface area contributed by atoms with E-state index in [1.54, 1.807) is 35.8 Å². The van der Waals surface area contributed by atoms with Gasteiger partial charge in [-0.1, -0.05) is 19.1 Å². The van der Waals surface area contributed by atoms with Gasteiger partial charge in [-0.15, -0.1) is 11.3 Å². The van der Waals surface area contributed by atoms with E-state index in [1.807, 2.05) is 20.8 Å². The third kappa shape index (κ3) is 7.60. The predicted molar refractivity (Wildman–Crippen MR) is 142 cm³/mol. The summed E-state index contributed by atoms with van der Waals surface area (Å²) in [4.78, 5) is 45.2. The van der Waals surface area contributed by atoms with Crippen molar-refractivity contribution in [1.29, 1.82) is 0 Å². The highest BCUT2D eigenvalue weighted by atomic mass is 32.1. The van der Waals surface area contributed by atoms with Crippen molar-refractivity contribution < 1.29 is 23.5 Å². The molecule has 10 heteroatoms. The van der Waals surface area contributed by atoms with Gasteiger partial charge < -0.3 is 15.4 Å². The topological polar surface area (TPSA) is 101 Å². The normalized spacial score (nSPS) is 11.9.